The normalized spacial score (nSPS) is 11.6. The van der Waals surface area contributed by atoms with Crippen LogP contribution in [0.2, 0.25) is 0 Å². The number of rotatable bonds is 2. The molecule has 90 valence electrons. The van der Waals surface area contributed by atoms with Gasteiger partial charge in [0.15, 0.2) is 0 Å². The molecule has 0 unspecified atom stereocenters. The van der Waals surface area contributed by atoms with Crippen LogP contribution in [-0.4, -0.2) is 13.4 Å². The monoisotopic (exact) mass is 254 g/mol. The second-order valence-electron chi connectivity index (χ2n) is 3.60. The number of benzene rings is 1. The van der Waals surface area contributed by atoms with Gasteiger partial charge in [0.1, 0.15) is 5.75 Å². The van der Waals surface area contributed by atoms with E-state index in [-0.39, 0.29) is 11.3 Å². The van der Waals surface area contributed by atoms with Gasteiger partial charge in [-0.15, -0.1) is 0 Å². The highest BCUT2D eigenvalue weighted by Gasteiger charge is 2.07. The third-order valence-corrected chi connectivity index (χ3v) is 2.66. The quantitative estimate of drug-likeness (QED) is 0.810. The number of pyridine rings is 1. The summed E-state index contributed by atoms with van der Waals surface area (Å²) in [5.74, 6) is 0.0567. The van der Waals surface area contributed by atoms with E-state index in [9.17, 15) is 13.2 Å². The van der Waals surface area contributed by atoms with Crippen molar-refractivity contribution in [1.82, 2.24) is 4.98 Å². The molecule has 7 heteroatoms. The van der Waals surface area contributed by atoms with Gasteiger partial charge in [0.05, 0.1) is 5.52 Å². The molecule has 1 aromatic heterocycles. The van der Waals surface area contributed by atoms with E-state index < -0.39 is 10.3 Å². The molecule has 0 aliphatic carbocycles. The number of fused-ring (bicyclic) bond motifs is 1. The summed E-state index contributed by atoms with van der Waals surface area (Å²) in [6, 6.07) is 6.00. The number of hydrogen-bond acceptors (Lipinski definition) is 4. The molecule has 2 aromatic rings. The standard InChI is InChI=1S/C10H10N2O4S/c1-6-4-10(13)12-9-5-7(2-3-8(6)9)16-17(11,14)15/h2-5H,1H3,(H,12,13)(H2,11,14,15). The molecule has 0 radical (unpaired) electrons. The van der Waals surface area contributed by atoms with Crippen LogP contribution >= 0.6 is 0 Å². The predicted octanol–water partition coefficient (Wildman–Crippen LogP) is 0.419. The lowest BCUT2D eigenvalue weighted by molar-refractivity contribution is 0.488. The van der Waals surface area contributed by atoms with Crippen molar-refractivity contribution in [3.63, 3.8) is 0 Å². The van der Waals surface area contributed by atoms with Crippen molar-refractivity contribution in [1.29, 1.82) is 0 Å². The molecule has 17 heavy (non-hydrogen) atoms. The Labute approximate surface area is 97.3 Å². The Morgan fingerprint density at radius 3 is 2.65 bits per heavy atom. The van der Waals surface area contributed by atoms with Crippen molar-refractivity contribution < 1.29 is 12.6 Å². The summed E-state index contributed by atoms with van der Waals surface area (Å²) in [7, 11) is -4.06. The zero-order valence-electron chi connectivity index (χ0n) is 8.93. The highest BCUT2D eigenvalue weighted by atomic mass is 32.2. The number of aromatic nitrogens is 1. The van der Waals surface area contributed by atoms with E-state index in [0.29, 0.717) is 5.52 Å². The van der Waals surface area contributed by atoms with Crippen LogP contribution in [0, 0.1) is 6.92 Å². The van der Waals surface area contributed by atoms with Crippen molar-refractivity contribution in [2.45, 2.75) is 6.92 Å². The molecule has 0 spiro atoms. The molecule has 0 aliphatic rings. The molecule has 0 bridgehead atoms. The molecule has 1 heterocycles. The van der Waals surface area contributed by atoms with Crippen molar-refractivity contribution in [2.24, 2.45) is 5.14 Å². The summed E-state index contributed by atoms with van der Waals surface area (Å²) in [5.41, 5.74) is 1.03. The topological polar surface area (TPSA) is 102 Å². The van der Waals surface area contributed by atoms with Gasteiger partial charge in [-0.05, 0) is 24.6 Å². The fraction of sp³-hybridized carbons (Fsp3) is 0.100. The Kier molecular flexibility index (Phi) is 2.64. The van der Waals surface area contributed by atoms with Crippen LogP contribution in [0.15, 0.2) is 29.1 Å². The van der Waals surface area contributed by atoms with Crippen molar-refractivity contribution in [3.8, 4) is 5.75 Å². The minimum Gasteiger partial charge on any atom is -0.371 e. The van der Waals surface area contributed by atoms with E-state index in [1.54, 1.807) is 13.0 Å². The van der Waals surface area contributed by atoms with Crippen LogP contribution < -0.4 is 14.9 Å². The summed E-state index contributed by atoms with van der Waals surface area (Å²) in [6.07, 6.45) is 0. The number of nitrogens with one attached hydrogen (secondary N) is 1. The number of nitrogens with two attached hydrogens (primary N) is 1. The molecule has 2 rings (SSSR count). The van der Waals surface area contributed by atoms with E-state index in [2.05, 4.69) is 9.17 Å². The summed E-state index contributed by atoms with van der Waals surface area (Å²) in [6.45, 7) is 1.79. The molecule has 0 amide bonds. The van der Waals surface area contributed by atoms with Crippen LogP contribution in [-0.2, 0) is 10.3 Å². The van der Waals surface area contributed by atoms with Gasteiger partial charge in [-0.3, -0.25) is 4.79 Å². The first-order valence-electron chi connectivity index (χ1n) is 4.71. The Bertz CT molecular complexity index is 734. The molecule has 1 aromatic carbocycles. The van der Waals surface area contributed by atoms with E-state index in [1.165, 1.54) is 18.2 Å². The molecular formula is C10H10N2O4S. The SMILES string of the molecule is Cc1cc(=O)[nH]c2cc(OS(N)(=O)=O)ccc12. The van der Waals surface area contributed by atoms with Crippen LogP contribution in [0.5, 0.6) is 5.75 Å². The number of hydrogen-bond donors (Lipinski definition) is 2. The molecular weight excluding hydrogens is 244 g/mol. The maximum absolute atomic E-state index is 11.3. The average molecular weight is 254 g/mol. The number of aryl methyl sites for hydroxylation is 1. The van der Waals surface area contributed by atoms with Gasteiger partial charge in [0.2, 0.25) is 5.56 Å². The van der Waals surface area contributed by atoms with E-state index in [0.717, 1.165) is 10.9 Å². The van der Waals surface area contributed by atoms with E-state index in [1.807, 2.05) is 0 Å². The zero-order valence-corrected chi connectivity index (χ0v) is 9.74. The van der Waals surface area contributed by atoms with Gasteiger partial charge < -0.3 is 9.17 Å². The number of H-pyrrole nitrogens is 1. The Morgan fingerprint density at radius 1 is 1.29 bits per heavy atom. The summed E-state index contributed by atoms with van der Waals surface area (Å²) in [4.78, 5) is 13.8. The molecule has 0 atom stereocenters. The van der Waals surface area contributed by atoms with Gasteiger partial charge in [-0.2, -0.15) is 13.6 Å². The van der Waals surface area contributed by atoms with Crippen molar-refractivity contribution >= 4 is 21.2 Å². The minimum absolute atomic E-state index is 0.0567. The smallest absolute Gasteiger partial charge is 0.371 e. The predicted molar refractivity (Wildman–Crippen MR) is 63.0 cm³/mol. The highest BCUT2D eigenvalue weighted by molar-refractivity contribution is 7.84. The largest absolute Gasteiger partial charge is 0.380 e. The lowest BCUT2D eigenvalue weighted by atomic mass is 10.1. The lowest BCUT2D eigenvalue weighted by Crippen LogP contribution is -2.19. The first-order chi connectivity index (χ1) is 7.85. The third-order valence-electron chi connectivity index (χ3n) is 2.23. The third kappa shape index (κ3) is 2.63. The van der Waals surface area contributed by atoms with Crippen molar-refractivity contribution in [2.75, 3.05) is 0 Å². The molecule has 6 nitrogen and oxygen atoms in total. The van der Waals surface area contributed by atoms with E-state index >= 15 is 0 Å². The second kappa shape index (κ2) is 3.86. The highest BCUT2D eigenvalue weighted by Crippen LogP contribution is 2.21. The van der Waals surface area contributed by atoms with Crippen LogP contribution in [0.4, 0.5) is 0 Å². The first kappa shape index (κ1) is 11.6. The number of aromatic amines is 1. The summed E-state index contributed by atoms with van der Waals surface area (Å²) >= 11 is 0. The minimum atomic E-state index is -4.06. The molecule has 0 aliphatic heterocycles. The van der Waals surface area contributed by atoms with Gasteiger partial charge in [0.25, 0.3) is 0 Å². The van der Waals surface area contributed by atoms with E-state index in [4.69, 9.17) is 5.14 Å². The maximum atomic E-state index is 11.3. The molecule has 0 saturated heterocycles. The Hall–Kier alpha value is -1.86. The van der Waals surface area contributed by atoms with Crippen LogP contribution in [0.25, 0.3) is 10.9 Å². The molecule has 0 fully saturated rings. The van der Waals surface area contributed by atoms with Gasteiger partial charge >= 0.3 is 10.3 Å². The van der Waals surface area contributed by atoms with Gasteiger partial charge in [-0.25, -0.2) is 0 Å². The molecule has 3 N–H and O–H groups in total. The van der Waals surface area contributed by atoms with Crippen LogP contribution in [0.1, 0.15) is 5.56 Å². The Balaban J connectivity index is 2.62. The Morgan fingerprint density at radius 2 is 2.00 bits per heavy atom. The van der Waals surface area contributed by atoms with Gasteiger partial charge in [0, 0.05) is 17.5 Å². The average Bonchev–Trinajstić information content (AvgIpc) is 2.13. The molecule has 0 saturated carbocycles. The zero-order chi connectivity index (χ0) is 12.6. The van der Waals surface area contributed by atoms with Gasteiger partial charge in [-0.1, -0.05) is 0 Å². The fourth-order valence-corrected chi connectivity index (χ4v) is 1.97. The second-order valence-corrected chi connectivity index (χ2v) is 4.75. The summed E-state index contributed by atoms with van der Waals surface area (Å²) < 4.78 is 26.0. The maximum Gasteiger partial charge on any atom is 0.380 e. The van der Waals surface area contributed by atoms with Crippen LogP contribution in [0.3, 0.4) is 0 Å². The first-order valence-corrected chi connectivity index (χ1v) is 6.18. The van der Waals surface area contributed by atoms with Crippen molar-refractivity contribution in [3.05, 3.63) is 40.2 Å². The lowest BCUT2D eigenvalue weighted by Gasteiger charge is -2.05. The summed E-state index contributed by atoms with van der Waals surface area (Å²) in [5, 5.41) is 5.56. The fourth-order valence-electron chi connectivity index (χ4n) is 1.60.